The van der Waals surface area contributed by atoms with Gasteiger partial charge in [-0.15, -0.1) is 0 Å². The van der Waals surface area contributed by atoms with E-state index in [1.807, 2.05) is 36.4 Å². The van der Waals surface area contributed by atoms with E-state index in [-0.39, 0.29) is 10.8 Å². The molecule has 0 saturated heterocycles. The van der Waals surface area contributed by atoms with Gasteiger partial charge in [-0.2, -0.15) is 0 Å². The van der Waals surface area contributed by atoms with Crippen LogP contribution in [0.5, 0.6) is 0 Å². The highest BCUT2D eigenvalue weighted by Crippen LogP contribution is 2.23. The molecule has 3 rings (SSSR count). The topological polar surface area (TPSA) is 52.3 Å². The summed E-state index contributed by atoms with van der Waals surface area (Å²) in [5.74, 6) is -0.281. The molecule has 0 fully saturated rings. The van der Waals surface area contributed by atoms with E-state index in [0.29, 0.717) is 6.42 Å². The van der Waals surface area contributed by atoms with Gasteiger partial charge >= 0.3 is 5.97 Å². The molecule has 0 spiro atoms. The predicted octanol–water partition coefficient (Wildman–Crippen LogP) is 4.09. The number of aryl methyl sites for hydroxylation is 2. The zero-order chi connectivity index (χ0) is 16.9. The number of methoxy groups -OCH3 is 1. The first kappa shape index (κ1) is 16.7. The van der Waals surface area contributed by atoms with Gasteiger partial charge in [-0.25, -0.2) is 0 Å². The van der Waals surface area contributed by atoms with Crippen molar-refractivity contribution in [3.8, 4) is 0 Å². The van der Waals surface area contributed by atoms with Crippen molar-refractivity contribution in [2.45, 2.75) is 24.1 Å². The zero-order valence-electron chi connectivity index (χ0n) is 13.4. The summed E-state index contributed by atoms with van der Waals surface area (Å²) in [6, 6.07) is 16.3. The lowest BCUT2D eigenvalue weighted by molar-refractivity contribution is -0.139. The first-order valence-electron chi connectivity index (χ1n) is 7.80. The van der Waals surface area contributed by atoms with Crippen molar-refractivity contribution in [1.29, 1.82) is 0 Å². The van der Waals surface area contributed by atoms with Crippen molar-refractivity contribution in [1.82, 2.24) is 5.16 Å². The average Bonchev–Trinajstić information content (AvgIpc) is 3.02. The Labute approximate surface area is 148 Å². The highest BCUT2D eigenvalue weighted by atomic mass is 79.9. The lowest BCUT2D eigenvalue weighted by Gasteiger charge is -2.07. The minimum Gasteiger partial charge on any atom is -0.468 e. The summed E-state index contributed by atoms with van der Waals surface area (Å²) in [5, 5.41) is 5.23. The number of rotatable bonds is 6. The summed E-state index contributed by atoms with van der Waals surface area (Å²) in [4.78, 5) is 11.1. The number of halogens is 1. The van der Waals surface area contributed by atoms with Gasteiger partial charge in [0.15, 0.2) is 5.58 Å². The number of nitrogens with zero attached hydrogens (tertiary/aromatic N) is 1. The van der Waals surface area contributed by atoms with Crippen molar-refractivity contribution in [3.05, 3.63) is 65.4 Å². The Morgan fingerprint density at radius 1 is 1.17 bits per heavy atom. The van der Waals surface area contributed by atoms with Gasteiger partial charge in [-0.3, -0.25) is 4.79 Å². The number of alkyl halides is 1. The van der Waals surface area contributed by atoms with E-state index in [9.17, 15) is 4.79 Å². The molecule has 0 aliphatic carbocycles. The number of carbonyl (C=O) groups excluding carboxylic acids is 1. The van der Waals surface area contributed by atoms with Crippen LogP contribution in [-0.2, 0) is 28.8 Å². The maximum atomic E-state index is 11.5. The molecule has 0 N–H and O–H groups in total. The van der Waals surface area contributed by atoms with Crippen LogP contribution in [0.4, 0.5) is 0 Å². The molecular weight excluding hydrogens is 370 g/mol. The van der Waals surface area contributed by atoms with Crippen LogP contribution in [-0.4, -0.2) is 23.1 Å². The number of hydrogen-bond donors (Lipinski definition) is 0. The molecule has 1 aromatic heterocycles. The van der Waals surface area contributed by atoms with E-state index < -0.39 is 0 Å². The fraction of sp³-hybridized carbons (Fsp3) is 0.263. The molecule has 1 heterocycles. The Kier molecular flexibility index (Phi) is 5.30. The fourth-order valence-corrected chi connectivity index (χ4v) is 3.23. The molecule has 2 aromatic carbocycles. The number of ether oxygens (including phenoxy) is 1. The molecule has 5 heteroatoms. The van der Waals surface area contributed by atoms with Gasteiger partial charge in [0.1, 0.15) is 4.83 Å². The predicted molar refractivity (Wildman–Crippen MR) is 96.3 cm³/mol. The van der Waals surface area contributed by atoms with E-state index in [0.717, 1.165) is 35.1 Å². The summed E-state index contributed by atoms with van der Waals surface area (Å²) in [6.45, 7) is 0. The second-order valence-electron chi connectivity index (χ2n) is 5.64. The molecule has 124 valence electrons. The summed E-state index contributed by atoms with van der Waals surface area (Å²) < 4.78 is 10.2. The van der Waals surface area contributed by atoms with Gasteiger partial charge in [0.25, 0.3) is 0 Å². The molecule has 0 aliphatic rings. The summed E-state index contributed by atoms with van der Waals surface area (Å²) in [5.41, 5.74) is 4.00. The molecule has 24 heavy (non-hydrogen) atoms. The molecule has 3 aromatic rings. The Morgan fingerprint density at radius 2 is 1.96 bits per heavy atom. The molecular formula is C19H18BrNO3. The van der Waals surface area contributed by atoms with Crippen molar-refractivity contribution in [2.75, 3.05) is 7.11 Å². The van der Waals surface area contributed by atoms with Gasteiger partial charge < -0.3 is 9.26 Å². The van der Waals surface area contributed by atoms with E-state index in [4.69, 9.17) is 9.26 Å². The van der Waals surface area contributed by atoms with Crippen LogP contribution < -0.4 is 0 Å². The Morgan fingerprint density at radius 3 is 2.71 bits per heavy atom. The average molecular weight is 388 g/mol. The van der Waals surface area contributed by atoms with Crippen LogP contribution in [0.15, 0.2) is 53.1 Å². The Balaban J connectivity index is 1.72. The molecule has 1 atom stereocenters. The SMILES string of the molecule is COC(=O)C(Br)Cc1ccc2c(CCc3ccccc3)noc2c1. The summed E-state index contributed by atoms with van der Waals surface area (Å²) >= 11 is 3.34. The maximum Gasteiger partial charge on any atom is 0.319 e. The quantitative estimate of drug-likeness (QED) is 0.472. The lowest BCUT2D eigenvalue weighted by atomic mass is 10.0. The fourth-order valence-electron chi connectivity index (χ4n) is 2.67. The number of hydrogen-bond acceptors (Lipinski definition) is 4. The van der Waals surface area contributed by atoms with E-state index >= 15 is 0 Å². The number of aromatic nitrogens is 1. The monoisotopic (exact) mass is 387 g/mol. The van der Waals surface area contributed by atoms with Crippen LogP contribution in [0.25, 0.3) is 11.0 Å². The van der Waals surface area contributed by atoms with Crippen LogP contribution in [0.2, 0.25) is 0 Å². The van der Waals surface area contributed by atoms with Gasteiger partial charge in [0.2, 0.25) is 0 Å². The second kappa shape index (κ2) is 7.62. The molecule has 0 saturated carbocycles. The van der Waals surface area contributed by atoms with Crippen LogP contribution in [0.3, 0.4) is 0 Å². The lowest BCUT2D eigenvalue weighted by Crippen LogP contribution is -2.17. The highest BCUT2D eigenvalue weighted by molar-refractivity contribution is 9.10. The molecule has 1 unspecified atom stereocenters. The van der Waals surface area contributed by atoms with Gasteiger partial charge in [0, 0.05) is 5.39 Å². The van der Waals surface area contributed by atoms with Crippen LogP contribution in [0.1, 0.15) is 16.8 Å². The van der Waals surface area contributed by atoms with Crippen molar-refractivity contribution in [2.24, 2.45) is 0 Å². The second-order valence-corrected chi connectivity index (χ2v) is 6.75. The normalized spacial score (nSPS) is 12.2. The maximum absolute atomic E-state index is 11.5. The number of esters is 1. The molecule has 0 aliphatic heterocycles. The van der Waals surface area contributed by atoms with E-state index in [2.05, 4.69) is 33.2 Å². The number of benzene rings is 2. The minimum absolute atomic E-state index is 0.281. The Hall–Kier alpha value is -2.14. The summed E-state index contributed by atoms with van der Waals surface area (Å²) in [7, 11) is 1.38. The number of carbonyl (C=O) groups is 1. The van der Waals surface area contributed by atoms with Gasteiger partial charge in [-0.05, 0) is 42.5 Å². The third-order valence-corrected chi connectivity index (χ3v) is 4.67. The van der Waals surface area contributed by atoms with Gasteiger partial charge in [0.05, 0.1) is 12.8 Å². The standard InChI is InChI=1S/C19H18BrNO3/c1-23-19(22)16(20)11-14-7-9-15-17(21-24-18(15)12-14)10-8-13-5-3-2-4-6-13/h2-7,9,12,16H,8,10-11H2,1H3. The van der Waals surface area contributed by atoms with E-state index in [1.165, 1.54) is 12.7 Å². The van der Waals surface area contributed by atoms with Crippen molar-refractivity contribution in [3.63, 3.8) is 0 Å². The molecule has 0 bridgehead atoms. The molecule has 0 amide bonds. The third-order valence-electron chi connectivity index (χ3n) is 3.98. The van der Waals surface area contributed by atoms with Crippen LogP contribution in [0, 0.1) is 0 Å². The Bertz CT molecular complexity index is 829. The highest BCUT2D eigenvalue weighted by Gasteiger charge is 2.17. The molecule has 0 radical (unpaired) electrons. The number of fused-ring (bicyclic) bond motifs is 1. The zero-order valence-corrected chi connectivity index (χ0v) is 15.0. The first-order chi connectivity index (χ1) is 11.7. The van der Waals surface area contributed by atoms with Crippen molar-refractivity contribution < 1.29 is 14.1 Å². The minimum atomic E-state index is -0.361. The van der Waals surface area contributed by atoms with Crippen molar-refractivity contribution >= 4 is 32.9 Å². The van der Waals surface area contributed by atoms with Crippen LogP contribution >= 0.6 is 15.9 Å². The van der Waals surface area contributed by atoms with E-state index in [1.54, 1.807) is 0 Å². The molecule has 4 nitrogen and oxygen atoms in total. The largest absolute Gasteiger partial charge is 0.468 e. The smallest absolute Gasteiger partial charge is 0.319 e. The summed E-state index contributed by atoms with van der Waals surface area (Å²) in [6.07, 6.45) is 2.30. The third kappa shape index (κ3) is 3.85. The van der Waals surface area contributed by atoms with Gasteiger partial charge in [-0.1, -0.05) is 57.5 Å². The first-order valence-corrected chi connectivity index (χ1v) is 8.72.